The van der Waals surface area contributed by atoms with E-state index in [2.05, 4.69) is 4.89 Å². The summed E-state index contributed by atoms with van der Waals surface area (Å²) >= 11 is 0. The Morgan fingerprint density at radius 1 is 0.882 bits per heavy atom. The lowest BCUT2D eigenvalue weighted by molar-refractivity contribution is -0.310. The summed E-state index contributed by atoms with van der Waals surface area (Å²) in [6, 6.07) is 16.0. The predicted octanol–water partition coefficient (Wildman–Crippen LogP) is 3.15. The molecule has 0 aromatic heterocycles. The second kappa shape index (κ2) is 4.57. The van der Waals surface area contributed by atoms with Gasteiger partial charge in [-0.1, -0.05) is 42.5 Å². The van der Waals surface area contributed by atoms with E-state index in [1.807, 2.05) is 30.3 Å². The first-order valence-corrected chi connectivity index (χ1v) is 5.34. The number of benzene rings is 2. The van der Waals surface area contributed by atoms with Crippen LogP contribution in [0.4, 0.5) is 0 Å². The molecule has 0 heterocycles. The van der Waals surface area contributed by atoms with E-state index in [4.69, 9.17) is 0 Å². The number of phenolic OH excluding ortho intramolecular Hbond substituents is 1. The topological polar surface area (TPSA) is 49.7 Å². The van der Waals surface area contributed by atoms with Crippen LogP contribution in [0.3, 0.4) is 0 Å². The standard InChI is InChI=1S/C14H14O3/c1-14(17-16,11-5-3-2-4-6-11)12-7-9-13(15)10-8-12/h2-10,15-16H,1H3. The number of hydrogen-bond donors (Lipinski definition) is 2. The van der Waals surface area contributed by atoms with E-state index in [-0.39, 0.29) is 5.75 Å². The number of aromatic hydroxyl groups is 1. The van der Waals surface area contributed by atoms with Crippen LogP contribution in [0.5, 0.6) is 5.75 Å². The Kier molecular flexibility index (Phi) is 3.13. The first-order chi connectivity index (χ1) is 8.16. The average Bonchev–Trinajstić information content (AvgIpc) is 2.40. The molecule has 88 valence electrons. The first kappa shape index (κ1) is 11.6. The lowest BCUT2D eigenvalue weighted by Crippen LogP contribution is -2.25. The molecule has 1 unspecified atom stereocenters. The molecule has 0 saturated carbocycles. The van der Waals surface area contributed by atoms with E-state index in [9.17, 15) is 10.4 Å². The number of hydrogen-bond acceptors (Lipinski definition) is 3. The Bertz CT molecular complexity index is 479. The van der Waals surface area contributed by atoms with E-state index < -0.39 is 5.60 Å². The van der Waals surface area contributed by atoms with Crippen molar-refractivity contribution in [3.8, 4) is 5.75 Å². The molecule has 2 aromatic rings. The minimum absolute atomic E-state index is 0.183. The summed E-state index contributed by atoms with van der Waals surface area (Å²) in [5.74, 6) is 0.183. The van der Waals surface area contributed by atoms with Crippen LogP contribution >= 0.6 is 0 Å². The maximum Gasteiger partial charge on any atom is 0.150 e. The summed E-state index contributed by atoms with van der Waals surface area (Å²) in [5, 5.41) is 18.5. The van der Waals surface area contributed by atoms with E-state index in [0.29, 0.717) is 0 Å². The maximum absolute atomic E-state index is 9.26. The summed E-state index contributed by atoms with van der Waals surface area (Å²) in [6.07, 6.45) is 0. The van der Waals surface area contributed by atoms with Gasteiger partial charge in [-0.25, -0.2) is 4.89 Å². The molecule has 1 atom stereocenters. The van der Waals surface area contributed by atoms with Crippen LogP contribution < -0.4 is 0 Å². The van der Waals surface area contributed by atoms with Gasteiger partial charge in [0.05, 0.1) is 0 Å². The highest BCUT2D eigenvalue weighted by Crippen LogP contribution is 2.33. The molecule has 0 bridgehead atoms. The molecule has 0 aliphatic heterocycles. The van der Waals surface area contributed by atoms with Gasteiger partial charge in [-0.2, -0.15) is 0 Å². The van der Waals surface area contributed by atoms with Crippen LogP contribution in [-0.4, -0.2) is 10.4 Å². The molecule has 0 saturated heterocycles. The summed E-state index contributed by atoms with van der Waals surface area (Å²) < 4.78 is 0. The fourth-order valence-electron chi connectivity index (χ4n) is 1.81. The molecule has 0 radical (unpaired) electrons. The third-order valence-corrected chi connectivity index (χ3v) is 2.93. The quantitative estimate of drug-likeness (QED) is 0.629. The van der Waals surface area contributed by atoms with E-state index >= 15 is 0 Å². The number of phenols is 1. The predicted molar refractivity (Wildman–Crippen MR) is 64.7 cm³/mol. The summed E-state index contributed by atoms with van der Waals surface area (Å²) in [7, 11) is 0. The highest BCUT2D eigenvalue weighted by molar-refractivity contribution is 5.37. The molecule has 17 heavy (non-hydrogen) atoms. The lowest BCUT2D eigenvalue weighted by Gasteiger charge is -2.26. The highest BCUT2D eigenvalue weighted by atomic mass is 17.1. The van der Waals surface area contributed by atoms with Crippen molar-refractivity contribution in [3.63, 3.8) is 0 Å². The molecule has 3 heteroatoms. The van der Waals surface area contributed by atoms with Gasteiger partial charge in [0.2, 0.25) is 0 Å². The van der Waals surface area contributed by atoms with Crippen molar-refractivity contribution in [2.75, 3.05) is 0 Å². The zero-order valence-electron chi connectivity index (χ0n) is 9.50. The number of rotatable bonds is 3. The van der Waals surface area contributed by atoms with Crippen molar-refractivity contribution in [1.82, 2.24) is 0 Å². The molecule has 2 aromatic carbocycles. The summed E-state index contributed by atoms with van der Waals surface area (Å²) in [6.45, 7) is 1.77. The average molecular weight is 230 g/mol. The highest BCUT2D eigenvalue weighted by Gasteiger charge is 2.30. The Labute approximate surface area is 99.8 Å². The van der Waals surface area contributed by atoms with Crippen LogP contribution in [0.15, 0.2) is 54.6 Å². The van der Waals surface area contributed by atoms with Crippen molar-refractivity contribution in [2.45, 2.75) is 12.5 Å². The fourth-order valence-corrected chi connectivity index (χ4v) is 1.81. The van der Waals surface area contributed by atoms with E-state index in [0.717, 1.165) is 11.1 Å². The third kappa shape index (κ3) is 2.16. The lowest BCUT2D eigenvalue weighted by atomic mass is 9.88. The summed E-state index contributed by atoms with van der Waals surface area (Å²) in [5.41, 5.74) is 0.673. The Morgan fingerprint density at radius 2 is 1.41 bits per heavy atom. The van der Waals surface area contributed by atoms with Crippen molar-refractivity contribution >= 4 is 0 Å². The van der Waals surface area contributed by atoms with Crippen molar-refractivity contribution in [2.24, 2.45) is 0 Å². The molecule has 0 aliphatic carbocycles. The van der Waals surface area contributed by atoms with Crippen molar-refractivity contribution < 1.29 is 15.3 Å². The fraction of sp³-hybridized carbons (Fsp3) is 0.143. The Hall–Kier alpha value is -1.84. The van der Waals surface area contributed by atoms with Crippen LogP contribution in [0.2, 0.25) is 0 Å². The molecule has 3 nitrogen and oxygen atoms in total. The van der Waals surface area contributed by atoms with Gasteiger partial charge in [0, 0.05) is 0 Å². The molecular formula is C14H14O3. The van der Waals surface area contributed by atoms with E-state index in [1.165, 1.54) is 0 Å². The molecule has 2 rings (SSSR count). The minimum Gasteiger partial charge on any atom is -0.508 e. The first-order valence-electron chi connectivity index (χ1n) is 5.34. The molecule has 0 spiro atoms. The van der Waals surface area contributed by atoms with Crippen molar-refractivity contribution in [3.05, 3.63) is 65.7 Å². The van der Waals surface area contributed by atoms with Gasteiger partial charge in [0.15, 0.2) is 5.60 Å². The second-order valence-corrected chi connectivity index (χ2v) is 4.04. The van der Waals surface area contributed by atoms with E-state index in [1.54, 1.807) is 31.2 Å². The molecule has 0 aliphatic rings. The summed E-state index contributed by atoms with van der Waals surface area (Å²) in [4.78, 5) is 4.67. The van der Waals surface area contributed by atoms with Gasteiger partial charge >= 0.3 is 0 Å². The largest absolute Gasteiger partial charge is 0.508 e. The van der Waals surface area contributed by atoms with Crippen LogP contribution in [0, 0.1) is 0 Å². The van der Waals surface area contributed by atoms with Gasteiger partial charge in [-0.15, -0.1) is 0 Å². The smallest absolute Gasteiger partial charge is 0.150 e. The zero-order valence-corrected chi connectivity index (χ0v) is 9.50. The second-order valence-electron chi connectivity index (χ2n) is 4.04. The van der Waals surface area contributed by atoms with Crippen molar-refractivity contribution in [1.29, 1.82) is 0 Å². The molecule has 0 fully saturated rings. The molecular weight excluding hydrogens is 216 g/mol. The Morgan fingerprint density at radius 3 is 1.94 bits per heavy atom. The van der Waals surface area contributed by atoms with Gasteiger partial charge < -0.3 is 5.11 Å². The monoisotopic (exact) mass is 230 g/mol. The van der Waals surface area contributed by atoms with Crippen LogP contribution in [0.25, 0.3) is 0 Å². The normalized spacial score (nSPS) is 14.2. The molecule has 2 N–H and O–H groups in total. The Balaban J connectivity index is 2.48. The van der Waals surface area contributed by atoms with Gasteiger partial charge in [-0.3, -0.25) is 5.26 Å². The minimum atomic E-state index is -0.936. The van der Waals surface area contributed by atoms with Gasteiger partial charge in [-0.05, 0) is 30.2 Å². The SMILES string of the molecule is CC(OO)(c1ccccc1)c1ccc(O)cc1. The van der Waals surface area contributed by atoms with Gasteiger partial charge in [0.1, 0.15) is 5.75 Å². The van der Waals surface area contributed by atoms with Crippen LogP contribution in [0.1, 0.15) is 18.1 Å². The molecule has 0 amide bonds. The zero-order chi connectivity index (χ0) is 12.3. The van der Waals surface area contributed by atoms with Crippen LogP contribution in [-0.2, 0) is 10.5 Å². The van der Waals surface area contributed by atoms with Gasteiger partial charge in [0.25, 0.3) is 0 Å². The third-order valence-electron chi connectivity index (χ3n) is 2.93. The maximum atomic E-state index is 9.26.